The van der Waals surface area contributed by atoms with E-state index in [0.717, 1.165) is 16.5 Å². The Morgan fingerprint density at radius 2 is 2.00 bits per heavy atom. The quantitative estimate of drug-likeness (QED) is 0.477. The topological polar surface area (TPSA) is 56.7 Å². The molecule has 0 amide bonds. The second kappa shape index (κ2) is 7.55. The van der Waals surface area contributed by atoms with Crippen LogP contribution in [-0.2, 0) is 0 Å². The molecular weight excluding hydrogens is 292 g/mol. The Kier molecular flexibility index (Phi) is 5.73. The van der Waals surface area contributed by atoms with E-state index in [4.69, 9.17) is 17.4 Å². The van der Waals surface area contributed by atoms with Crippen molar-refractivity contribution < 1.29 is 0 Å². The van der Waals surface area contributed by atoms with Crippen LogP contribution < -0.4 is 5.84 Å². The van der Waals surface area contributed by atoms with Crippen LogP contribution in [0.15, 0.2) is 29.4 Å². The average molecular weight is 311 g/mol. The van der Waals surface area contributed by atoms with Crippen LogP contribution in [0, 0.1) is 0 Å². The summed E-state index contributed by atoms with van der Waals surface area (Å²) in [6, 6.07) is 7.51. The number of nitrogens with two attached hydrogens (primary N) is 1. The molecule has 0 fully saturated rings. The van der Waals surface area contributed by atoms with Crippen molar-refractivity contribution in [2.24, 2.45) is 0 Å². The van der Waals surface area contributed by atoms with E-state index >= 15 is 0 Å². The fourth-order valence-corrected chi connectivity index (χ4v) is 2.97. The third kappa shape index (κ3) is 3.67. The normalized spacial score (nSPS) is 10.9. The number of thioether (sulfide) groups is 1. The molecule has 20 heavy (non-hydrogen) atoms. The smallest absolute Gasteiger partial charge is 0.210 e. The Hall–Kier alpha value is -1.20. The van der Waals surface area contributed by atoms with Gasteiger partial charge >= 0.3 is 0 Å². The van der Waals surface area contributed by atoms with E-state index in [1.165, 1.54) is 30.4 Å². The first-order valence-corrected chi connectivity index (χ1v) is 8.18. The molecular formula is C14H19ClN4S. The molecule has 1 aromatic carbocycles. The number of nitrogen functional groups attached to an aromatic ring is 1. The molecule has 1 heterocycles. The van der Waals surface area contributed by atoms with E-state index in [1.54, 1.807) is 11.8 Å². The molecule has 6 heteroatoms. The average Bonchev–Trinajstić information content (AvgIpc) is 2.81. The summed E-state index contributed by atoms with van der Waals surface area (Å²) in [6.07, 6.45) is 4.95. The number of unbranched alkanes of at least 4 members (excludes halogenated alkanes) is 3. The Bertz CT molecular complexity index is 556. The van der Waals surface area contributed by atoms with Crippen LogP contribution in [0.25, 0.3) is 11.4 Å². The lowest BCUT2D eigenvalue weighted by Gasteiger charge is -2.05. The van der Waals surface area contributed by atoms with Crippen LogP contribution in [0.4, 0.5) is 0 Å². The third-order valence-electron chi connectivity index (χ3n) is 3.01. The molecule has 2 rings (SSSR count). The number of aromatic nitrogens is 3. The number of halogens is 1. The standard InChI is InChI=1S/C14H19ClN4S/c1-2-3-4-7-10-20-14-18-17-13(19(14)16)11-8-5-6-9-12(11)15/h5-6,8-9H,2-4,7,10,16H2,1H3. The monoisotopic (exact) mass is 310 g/mol. The molecule has 2 aromatic rings. The van der Waals surface area contributed by atoms with Gasteiger partial charge in [0.05, 0.1) is 5.02 Å². The van der Waals surface area contributed by atoms with Crippen molar-refractivity contribution in [2.45, 2.75) is 37.8 Å². The van der Waals surface area contributed by atoms with Crippen LogP contribution >= 0.6 is 23.4 Å². The van der Waals surface area contributed by atoms with Gasteiger partial charge in [0.2, 0.25) is 5.16 Å². The lowest BCUT2D eigenvalue weighted by atomic mass is 10.2. The first kappa shape index (κ1) is 15.2. The van der Waals surface area contributed by atoms with Crippen LogP contribution in [0.1, 0.15) is 32.6 Å². The van der Waals surface area contributed by atoms with E-state index < -0.39 is 0 Å². The van der Waals surface area contributed by atoms with Gasteiger partial charge in [0, 0.05) is 11.3 Å². The molecule has 2 N–H and O–H groups in total. The number of nitrogens with zero attached hydrogens (tertiary/aromatic N) is 3. The number of rotatable bonds is 7. The molecule has 0 aliphatic heterocycles. The summed E-state index contributed by atoms with van der Waals surface area (Å²) in [6.45, 7) is 2.21. The van der Waals surface area contributed by atoms with Gasteiger partial charge < -0.3 is 5.84 Å². The van der Waals surface area contributed by atoms with Gasteiger partial charge in [-0.3, -0.25) is 0 Å². The molecule has 0 atom stereocenters. The summed E-state index contributed by atoms with van der Waals surface area (Å²) in [7, 11) is 0. The summed E-state index contributed by atoms with van der Waals surface area (Å²) < 4.78 is 1.52. The maximum Gasteiger partial charge on any atom is 0.210 e. The summed E-state index contributed by atoms with van der Waals surface area (Å²) in [4.78, 5) is 0. The van der Waals surface area contributed by atoms with Crippen molar-refractivity contribution in [3.8, 4) is 11.4 Å². The Morgan fingerprint density at radius 3 is 2.75 bits per heavy atom. The first-order valence-electron chi connectivity index (χ1n) is 6.82. The zero-order valence-corrected chi connectivity index (χ0v) is 13.1. The molecule has 0 aliphatic carbocycles. The van der Waals surface area contributed by atoms with Crippen molar-refractivity contribution in [3.63, 3.8) is 0 Å². The molecule has 0 aliphatic rings. The zero-order chi connectivity index (χ0) is 14.4. The highest BCUT2D eigenvalue weighted by Crippen LogP contribution is 2.27. The van der Waals surface area contributed by atoms with E-state index in [-0.39, 0.29) is 0 Å². The van der Waals surface area contributed by atoms with E-state index in [1.807, 2.05) is 24.3 Å². The molecule has 0 spiro atoms. The van der Waals surface area contributed by atoms with Gasteiger partial charge in [0.1, 0.15) is 0 Å². The zero-order valence-electron chi connectivity index (χ0n) is 11.6. The largest absolute Gasteiger partial charge is 0.335 e. The van der Waals surface area contributed by atoms with Gasteiger partial charge in [-0.2, -0.15) is 0 Å². The second-order valence-corrected chi connectivity index (χ2v) is 6.03. The van der Waals surface area contributed by atoms with Crippen molar-refractivity contribution in [1.82, 2.24) is 14.9 Å². The molecule has 0 bridgehead atoms. The van der Waals surface area contributed by atoms with E-state index in [2.05, 4.69) is 17.1 Å². The maximum absolute atomic E-state index is 6.16. The van der Waals surface area contributed by atoms with Crippen LogP contribution in [0.3, 0.4) is 0 Å². The van der Waals surface area contributed by atoms with Crippen molar-refractivity contribution in [2.75, 3.05) is 11.6 Å². The SMILES string of the molecule is CCCCCCSc1nnc(-c2ccccc2Cl)n1N. The van der Waals surface area contributed by atoms with Crippen molar-refractivity contribution >= 4 is 23.4 Å². The van der Waals surface area contributed by atoms with Gasteiger partial charge in [-0.25, -0.2) is 4.68 Å². The van der Waals surface area contributed by atoms with Crippen LogP contribution in [-0.4, -0.2) is 20.6 Å². The van der Waals surface area contributed by atoms with E-state index in [0.29, 0.717) is 10.8 Å². The highest BCUT2D eigenvalue weighted by atomic mass is 35.5. The second-order valence-electron chi connectivity index (χ2n) is 4.57. The van der Waals surface area contributed by atoms with Crippen LogP contribution in [0.2, 0.25) is 5.02 Å². The summed E-state index contributed by atoms with van der Waals surface area (Å²) in [5, 5.41) is 9.65. The minimum absolute atomic E-state index is 0.603. The fourth-order valence-electron chi connectivity index (χ4n) is 1.89. The minimum atomic E-state index is 0.603. The van der Waals surface area contributed by atoms with Gasteiger partial charge in [-0.15, -0.1) is 10.2 Å². The summed E-state index contributed by atoms with van der Waals surface area (Å²) in [5.41, 5.74) is 0.807. The summed E-state index contributed by atoms with van der Waals surface area (Å²) in [5.74, 6) is 7.67. The molecule has 0 radical (unpaired) electrons. The van der Waals surface area contributed by atoms with Crippen LogP contribution in [0.5, 0.6) is 0 Å². The Morgan fingerprint density at radius 1 is 1.20 bits per heavy atom. The number of benzene rings is 1. The van der Waals surface area contributed by atoms with Gasteiger partial charge in [0.25, 0.3) is 0 Å². The van der Waals surface area contributed by atoms with Gasteiger partial charge in [-0.05, 0) is 18.6 Å². The van der Waals surface area contributed by atoms with Gasteiger partial charge in [-0.1, -0.05) is 61.7 Å². The Balaban J connectivity index is 2.02. The fraction of sp³-hybridized carbons (Fsp3) is 0.429. The molecule has 0 saturated carbocycles. The van der Waals surface area contributed by atoms with E-state index in [9.17, 15) is 0 Å². The number of hydrogen-bond acceptors (Lipinski definition) is 4. The number of hydrogen-bond donors (Lipinski definition) is 1. The highest BCUT2D eigenvalue weighted by Gasteiger charge is 2.14. The van der Waals surface area contributed by atoms with Gasteiger partial charge in [0.15, 0.2) is 5.82 Å². The molecule has 108 valence electrons. The molecule has 4 nitrogen and oxygen atoms in total. The molecule has 1 aromatic heterocycles. The van der Waals surface area contributed by atoms with Crippen molar-refractivity contribution in [3.05, 3.63) is 29.3 Å². The lowest BCUT2D eigenvalue weighted by molar-refractivity contribution is 0.705. The minimum Gasteiger partial charge on any atom is -0.335 e. The lowest BCUT2D eigenvalue weighted by Crippen LogP contribution is -2.11. The predicted octanol–water partition coefficient (Wildman–Crippen LogP) is 3.98. The molecule has 0 saturated heterocycles. The summed E-state index contributed by atoms with van der Waals surface area (Å²) >= 11 is 7.80. The first-order chi connectivity index (χ1) is 9.74. The maximum atomic E-state index is 6.16. The third-order valence-corrected chi connectivity index (χ3v) is 4.37. The molecule has 0 unspecified atom stereocenters. The highest BCUT2D eigenvalue weighted by molar-refractivity contribution is 7.99. The Labute approximate surface area is 128 Å². The van der Waals surface area contributed by atoms with Crippen molar-refractivity contribution in [1.29, 1.82) is 0 Å². The predicted molar refractivity (Wildman–Crippen MR) is 85.5 cm³/mol.